The van der Waals surface area contributed by atoms with Crippen LogP contribution in [0.4, 0.5) is 0 Å². The Bertz CT molecular complexity index is 189. The first-order chi connectivity index (χ1) is 5.79. The van der Waals surface area contributed by atoms with Crippen LogP contribution in [0.3, 0.4) is 0 Å². The van der Waals surface area contributed by atoms with E-state index in [4.69, 9.17) is 0 Å². The van der Waals surface area contributed by atoms with Crippen molar-refractivity contribution < 1.29 is 28.1 Å². The molecule has 0 aromatic carbocycles. The van der Waals surface area contributed by atoms with Gasteiger partial charge in [0.25, 0.3) is 0 Å². The fourth-order valence-corrected chi connectivity index (χ4v) is 16.6. The molecule has 1 heteroatoms. The van der Waals surface area contributed by atoms with Crippen molar-refractivity contribution in [1.29, 1.82) is 0 Å². The minimum atomic E-state index is -1.95. The molecule has 0 nitrogen and oxygen atoms in total. The second-order valence-electron chi connectivity index (χ2n) is 4.08. The van der Waals surface area contributed by atoms with E-state index in [1.54, 1.807) is 0 Å². The van der Waals surface area contributed by atoms with Crippen LogP contribution in [-0.2, 0) is 0 Å². The van der Waals surface area contributed by atoms with Gasteiger partial charge in [-0.3, -0.25) is 0 Å². The predicted octanol–water partition coefficient (Wildman–Crippen LogP) is 4.30. The molecule has 1 aliphatic carbocycles. The Labute approximate surface area is 83.3 Å². The zero-order valence-corrected chi connectivity index (χ0v) is 12.3. The van der Waals surface area contributed by atoms with Gasteiger partial charge >= 0.3 is 84.0 Å². The summed E-state index contributed by atoms with van der Waals surface area (Å²) < 4.78 is 6.42. The molecule has 0 aromatic heterocycles. The van der Waals surface area contributed by atoms with E-state index in [-0.39, 0.29) is 0 Å². The standard InChI is InChI=1S/C5H5.3C2H5.La/c1-2-4-5-3-1;3*1-2;/h1-3H,4H2;3*1H2,2H3;. The van der Waals surface area contributed by atoms with Crippen molar-refractivity contribution in [2.24, 2.45) is 0 Å². The molecule has 0 radical (unpaired) electrons. The molecule has 0 bridgehead atoms. The fourth-order valence-electron chi connectivity index (χ4n) is 2.57. The molecule has 0 aromatic rings. The maximum atomic E-state index is 2.42. The third-order valence-electron chi connectivity index (χ3n) is 3.93. The van der Waals surface area contributed by atoms with Gasteiger partial charge in [0, 0.05) is 0 Å². The van der Waals surface area contributed by atoms with E-state index < -0.39 is 28.1 Å². The summed E-state index contributed by atoms with van der Waals surface area (Å²) in [6, 6.07) is 0. The molecule has 0 aliphatic heterocycles. The van der Waals surface area contributed by atoms with Crippen molar-refractivity contribution in [2.45, 2.75) is 35.7 Å². The molecule has 0 unspecified atom stereocenters. The zero-order valence-electron chi connectivity index (χ0n) is 8.64. The molecule has 0 saturated heterocycles. The summed E-state index contributed by atoms with van der Waals surface area (Å²) in [6.45, 7) is 7.24. The first-order valence-corrected chi connectivity index (χ1v) is 14.9. The van der Waals surface area contributed by atoms with Crippen LogP contribution in [0.15, 0.2) is 20.2 Å². The van der Waals surface area contributed by atoms with Crippen LogP contribution < -0.4 is 0 Å². The summed E-state index contributed by atoms with van der Waals surface area (Å²) in [4.78, 5) is 0. The van der Waals surface area contributed by atoms with E-state index in [1.165, 1.54) is 14.9 Å². The SMILES string of the molecule is C[CH2][La]([CH2]C)([CH2]C)[C]1=CC=CC1. The first kappa shape index (κ1) is 10.8. The van der Waals surface area contributed by atoms with E-state index >= 15 is 0 Å². The Hall–Kier alpha value is 0.675. The van der Waals surface area contributed by atoms with Crippen LogP contribution in [0, 0.1) is 28.1 Å². The molecular formula is C11H20La. The van der Waals surface area contributed by atoms with E-state index in [0.29, 0.717) is 0 Å². The first-order valence-electron chi connectivity index (χ1n) is 5.35. The van der Waals surface area contributed by atoms with Crippen LogP contribution in [0.2, 0.25) is 8.47 Å². The van der Waals surface area contributed by atoms with Crippen LogP contribution in [0.1, 0.15) is 27.2 Å². The molecule has 0 N–H and O–H groups in total. The van der Waals surface area contributed by atoms with E-state index in [2.05, 4.69) is 39.0 Å². The normalized spacial score (nSPS) is 16.8. The van der Waals surface area contributed by atoms with Gasteiger partial charge in [0.2, 0.25) is 0 Å². The average Bonchev–Trinajstić information content (AvgIpc) is 2.62. The molecule has 0 fully saturated rings. The van der Waals surface area contributed by atoms with Crippen molar-refractivity contribution >= 4 is 0 Å². The summed E-state index contributed by atoms with van der Waals surface area (Å²) in [6.07, 6.45) is 8.29. The predicted molar refractivity (Wildman–Crippen MR) is 53.3 cm³/mol. The number of rotatable bonds is 4. The van der Waals surface area contributed by atoms with Gasteiger partial charge in [0.15, 0.2) is 0 Å². The zero-order chi connectivity index (χ0) is 9.03. The van der Waals surface area contributed by atoms with Crippen LogP contribution in [0.25, 0.3) is 0 Å². The van der Waals surface area contributed by atoms with Gasteiger partial charge in [-0.25, -0.2) is 0 Å². The molecule has 0 saturated carbocycles. The third-order valence-corrected chi connectivity index (χ3v) is 24.9. The van der Waals surface area contributed by atoms with Gasteiger partial charge in [-0.2, -0.15) is 0 Å². The molecule has 0 heterocycles. The Morgan fingerprint density at radius 2 is 1.75 bits per heavy atom. The van der Waals surface area contributed by atoms with Gasteiger partial charge in [0.1, 0.15) is 0 Å². The van der Waals surface area contributed by atoms with E-state index in [9.17, 15) is 0 Å². The monoisotopic (exact) mass is 291 g/mol. The Morgan fingerprint density at radius 1 is 1.17 bits per heavy atom. The molecule has 12 heavy (non-hydrogen) atoms. The molecule has 0 spiro atoms. The summed E-state index contributed by atoms with van der Waals surface area (Å²) in [5, 5.41) is 0. The minimum absolute atomic E-state index is 1.29. The van der Waals surface area contributed by atoms with Crippen molar-refractivity contribution in [3.05, 3.63) is 20.2 Å². The van der Waals surface area contributed by atoms with Crippen molar-refractivity contribution in [3.63, 3.8) is 0 Å². The average molecular weight is 291 g/mol. The summed E-state index contributed by atoms with van der Waals surface area (Å²) in [5.74, 6) is 0. The van der Waals surface area contributed by atoms with Gasteiger partial charge in [-0.1, -0.05) is 0 Å². The number of hydrogen-bond donors (Lipinski definition) is 0. The number of allylic oxidation sites excluding steroid dienone is 4. The van der Waals surface area contributed by atoms with Crippen LogP contribution >= 0.6 is 0 Å². The second kappa shape index (κ2) is 4.78. The van der Waals surface area contributed by atoms with Crippen LogP contribution in [-0.4, -0.2) is 0 Å². The molecule has 0 amide bonds. The topological polar surface area (TPSA) is 0 Å². The third kappa shape index (κ3) is 1.94. The van der Waals surface area contributed by atoms with Gasteiger partial charge in [0.05, 0.1) is 0 Å². The Balaban J connectivity index is 2.77. The molecule has 0 atom stereocenters. The quantitative estimate of drug-likeness (QED) is 0.724. The van der Waals surface area contributed by atoms with Gasteiger partial charge < -0.3 is 0 Å². The van der Waals surface area contributed by atoms with Gasteiger partial charge in [-0.15, -0.1) is 0 Å². The molecule has 1 rings (SSSR count). The van der Waals surface area contributed by atoms with E-state index in [0.717, 1.165) is 0 Å². The van der Waals surface area contributed by atoms with Crippen molar-refractivity contribution in [2.75, 3.05) is 0 Å². The maximum absolute atomic E-state index is 2.42. The molecule has 67 valence electrons. The van der Waals surface area contributed by atoms with Crippen molar-refractivity contribution in [3.8, 4) is 0 Å². The summed E-state index contributed by atoms with van der Waals surface area (Å²) >= 11 is -1.95. The van der Waals surface area contributed by atoms with Crippen LogP contribution in [0.5, 0.6) is 0 Å². The summed E-state index contributed by atoms with van der Waals surface area (Å²) in [5.41, 5.74) is 0. The summed E-state index contributed by atoms with van der Waals surface area (Å²) in [7, 11) is 0. The van der Waals surface area contributed by atoms with Crippen molar-refractivity contribution in [1.82, 2.24) is 0 Å². The van der Waals surface area contributed by atoms with Gasteiger partial charge in [-0.05, 0) is 0 Å². The number of hydrogen-bond acceptors (Lipinski definition) is 0. The second-order valence-corrected chi connectivity index (χ2v) is 23.4. The van der Waals surface area contributed by atoms with E-state index in [1.807, 2.05) is 1.98 Å². The Morgan fingerprint density at radius 3 is 2.08 bits per heavy atom. The fraction of sp³-hybridized carbons (Fsp3) is 0.636. The molecular weight excluding hydrogens is 271 g/mol. The molecule has 1 aliphatic rings. The Kier molecular flexibility index (Phi) is 4.29.